The van der Waals surface area contributed by atoms with E-state index in [1.165, 1.54) is 38.8 Å². The fourth-order valence-electron chi connectivity index (χ4n) is 2.82. The number of nitrogens with zero attached hydrogens (tertiary/aromatic N) is 1. The molecule has 2 rings (SSSR count). The molecule has 2 aliphatic rings. The number of hydrogen-bond acceptors (Lipinski definition) is 2. The lowest BCUT2D eigenvalue weighted by atomic mass is 9.92. The first-order chi connectivity index (χ1) is 6.31. The minimum Gasteiger partial charge on any atom is -0.391 e. The van der Waals surface area contributed by atoms with E-state index < -0.39 is 0 Å². The van der Waals surface area contributed by atoms with E-state index in [2.05, 4.69) is 11.8 Å². The topological polar surface area (TPSA) is 23.5 Å². The van der Waals surface area contributed by atoms with E-state index in [9.17, 15) is 5.11 Å². The molecular weight excluding hydrogens is 162 g/mol. The van der Waals surface area contributed by atoms with Crippen molar-refractivity contribution in [1.82, 2.24) is 4.90 Å². The van der Waals surface area contributed by atoms with E-state index in [-0.39, 0.29) is 6.10 Å². The maximum absolute atomic E-state index is 9.70. The Morgan fingerprint density at radius 2 is 2.08 bits per heavy atom. The molecule has 13 heavy (non-hydrogen) atoms. The Morgan fingerprint density at radius 3 is 2.62 bits per heavy atom. The van der Waals surface area contributed by atoms with Gasteiger partial charge < -0.3 is 5.11 Å². The molecule has 1 aliphatic carbocycles. The minimum absolute atomic E-state index is 0.0254. The second-order valence-electron chi connectivity index (χ2n) is 4.67. The molecule has 1 saturated carbocycles. The van der Waals surface area contributed by atoms with Crippen LogP contribution in [0.2, 0.25) is 0 Å². The number of likely N-dealkylation sites (tertiary alicyclic amines) is 1. The van der Waals surface area contributed by atoms with Crippen molar-refractivity contribution < 1.29 is 5.11 Å². The molecule has 1 N–H and O–H groups in total. The van der Waals surface area contributed by atoms with Gasteiger partial charge in [0, 0.05) is 19.1 Å². The lowest BCUT2D eigenvalue weighted by molar-refractivity contribution is -0.00394. The summed E-state index contributed by atoms with van der Waals surface area (Å²) >= 11 is 0. The molecular formula is C11H21NO. The monoisotopic (exact) mass is 183 g/mol. The maximum atomic E-state index is 9.70. The van der Waals surface area contributed by atoms with Crippen LogP contribution in [-0.4, -0.2) is 35.2 Å². The molecule has 2 nitrogen and oxygen atoms in total. The molecule has 0 aromatic rings. The molecule has 1 heterocycles. The first-order valence-electron chi connectivity index (χ1n) is 5.73. The van der Waals surface area contributed by atoms with Gasteiger partial charge in [-0.25, -0.2) is 0 Å². The Morgan fingerprint density at radius 1 is 1.31 bits per heavy atom. The SMILES string of the molecule is CCCC1CN(C2CCCC2O)C1. The van der Waals surface area contributed by atoms with Gasteiger partial charge in [-0.2, -0.15) is 0 Å². The average molecular weight is 183 g/mol. The lowest BCUT2D eigenvalue weighted by Gasteiger charge is -2.44. The van der Waals surface area contributed by atoms with E-state index in [0.717, 1.165) is 12.3 Å². The average Bonchev–Trinajstić information content (AvgIpc) is 2.43. The van der Waals surface area contributed by atoms with Crippen LogP contribution in [0.15, 0.2) is 0 Å². The molecule has 0 aromatic heterocycles. The van der Waals surface area contributed by atoms with Crippen LogP contribution >= 0.6 is 0 Å². The summed E-state index contributed by atoms with van der Waals surface area (Å²) in [6.07, 6.45) is 6.13. The molecule has 0 amide bonds. The van der Waals surface area contributed by atoms with Crippen LogP contribution in [0.4, 0.5) is 0 Å². The standard InChI is InChI=1S/C11H21NO/c1-2-4-9-7-12(8-9)10-5-3-6-11(10)13/h9-11,13H,2-8H2,1H3. The van der Waals surface area contributed by atoms with Crippen molar-refractivity contribution in [3.63, 3.8) is 0 Å². The summed E-state index contributed by atoms with van der Waals surface area (Å²) < 4.78 is 0. The number of hydrogen-bond donors (Lipinski definition) is 1. The van der Waals surface area contributed by atoms with E-state index in [4.69, 9.17) is 0 Å². The van der Waals surface area contributed by atoms with Crippen LogP contribution in [0.1, 0.15) is 39.0 Å². The van der Waals surface area contributed by atoms with Gasteiger partial charge in [-0.15, -0.1) is 0 Å². The van der Waals surface area contributed by atoms with Gasteiger partial charge in [-0.05, 0) is 31.6 Å². The van der Waals surface area contributed by atoms with Crippen molar-refractivity contribution in [3.05, 3.63) is 0 Å². The van der Waals surface area contributed by atoms with Crippen molar-refractivity contribution in [1.29, 1.82) is 0 Å². The molecule has 0 aromatic carbocycles. The van der Waals surface area contributed by atoms with Crippen molar-refractivity contribution in [2.45, 2.75) is 51.2 Å². The quantitative estimate of drug-likeness (QED) is 0.719. The molecule has 2 atom stereocenters. The predicted molar refractivity (Wildman–Crippen MR) is 53.6 cm³/mol. The normalized spacial score (nSPS) is 36.5. The van der Waals surface area contributed by atoms with E-state index in [0.29, 0.717) is 6.04 Å². The van der Waals surface area contributed by atoms with E-state index in [1.807, 2.05) is 0 Å². The molecule has 2 unspecified atom stereocenters. The number of rotatable bonds is 3. The summed E-state index contributed by atoms with van der Waals surface area (Å²) in [5.74, 6) is 0.929. The van der Waals surface area contributed by atoms with Crippen molar-refractivity contribution in [2.75, 3.05) is 13.1 Å². The Hall–Kier alpha value is -0.0800. The van der Waals surface area contributed by atoms with Gasteiger partial charge in [0.2, 0.25) is 0 Å². The van der Waals surface area contributed by atoms with Gasteiger partial charge >= 0.3 is 0 Å². The van der Waals surface area contributed by atoms with Crippen LogP contribution in [0, 0.1) is 5.92 Å². The second kappa shape index (κ2) is 3.97. The summed E-state index contributed by atoms with van der Waals surface area (Å²) in [7, 11) is 0. The first-order valence-corrected chi connectivity index (χ1v) is 5.73. The fraction of sp³-hybridized carbons (Fsp3) is 1.00. The van der Waals surface area contributed by atoms with E-state index >= 15 is 0 Å². The van der Waals surface area contributed by atoms with Crippen molar-refractivity contribution in [2.24, 2.45) is 5.92 Å². The highest BCUT2D eigenvalue weighted by atomic mass is 16.3. The van der Waals surface area contributed by atoms with Gasteiger partial charge in [-0.1, -0.05) is 13.3 Å². The summed E-state index contributed by atoms with van der Waals surface area (Å²) in [6.45, 7) is 4.75. The van der Waals surface area contributed by atoms with Crippen LogP contribution in [0.25, 0.3) is 0 Å². The Labute approximate surface area is 80.9 Å². The van der Waals surface area contributed by atoms with Gasteiger partial charge in [0.25, 0.3) is 0 Å². The summed E-state index contributed by atoms with van der Waals surface area (Å²) in [4.78, 5) is 2.48. The van der Waals surface area contributed by atoms with Gasteiger partial charge in [0.15, 0.2) is 0 Å². The van der Waals surface area contributed by atoms with Crippen molar-refractivity contribution >= 4 is 0 Å². The molecule has 76 valence electrons. The highest BCUT2D eigenvalue weighted by Gasteiger charge is 2.37. The molecule has 0 radical (unpaired) electrons. The number of aliphatic hydroxyl groups excluding tert-OH is 1. The van der Waals surface area contributed by atoms with E-state index in [1.54, 1.807) is 0 Å². The Balaban J connectivity index is 1.73. The highest BCUT2D eigenvalue weighted by molar-refractivity contribution is 4.91. The third-order valence-corrected chi connectivity index (χ3v) is 3.60. The second-order valence-corrected chi connectivity index (χ2v) is 4.67. The van der Waals surface area contributed by atoms with Crippen LogP contribution in [-0.2, 0) is 0 Å². The molecule has 0 spiro atoms. The zero-order valence-electron chi connectivity index (χ0n) is 8.58. The minimum atomic E-state index is -0.0254. The number of aliphatic hydroxyl groups is 1. The Bertz CT molecular complexity index is 165. The zero-order chi connectivity index (χ0) is 9.26. The van der Waals surface area contributed by atoms with Crippen LogP contribution < -0.4 is 0 Å². The van der Waals surface area contributed by atoms with Crippen LogP contribution in [0.5, 0.6) is 0 Å². The molecule has 0 bridgehead atoms. The van der Waals surface area contributed by atoms with Gasteiger partial charge in [0.1, 0.15) is 0 Å². The first kappa shape index (κ1) is 9.47. The molecule has 1 saturated heterocycles. The molecule has 2 heteroatoms. The highest BCUT2D eigenvalue weighted by Crippen LogP contribution is 2.31. The third kappa shape index (κ3) is 1.89. The van der Waals surface area contributed by atoms with Gasteiger partial charge in [-0.3, -0.25) is 4.90 Å². The zero-order valence-corrected chi connectivity index (χ0v) is 8.58. The fourth-order valence-corrected chi connectivity index (χ4v) is 2.82. The lowest BCUT2D eigenvalue weighted by Crippen LogP contribution is -2.54. The molecule has 2 fully saturated rings. The largest absolute Gasteiger partial charge is 0.391 e. The smallest absolute Gasteiger partial charge is 0.0695 e. The van der Waals surface area contributed by atoms with Crippen LogP contribution in [0.3, 0.4) is 0 Å². The van der Waals surface area contributed by atoms with Gasteiger partial charge in [0.05, 0.1) is 6.10 Å². The summed E-state index contributed by atoms with van der Waals surface area (Å²) in [5.41, 5.74) is 0. The van der Waals surface area contributed by atoms with Crippen molar-refractivity contribution in [3.8, 4) is 0 Å². The predicted octanol–water partition coefficient (Wildman–Crippen LogP) is 1.63. The third-order valence-electron chi connectivity index (χ3n) is 3.60. The molecule has 1 aliphatic heterocycles. The maximum Gasteiger partial charge on any atom is 0.0695 e. The summed E-state index contributed by atoms with van der Waals surface area (Å²) in [6, 6.07) is 0.508. The Kier molecular flexibility index (Phi) is 2.89. The summed E-state index contributed by atoms with van der Waals surface area (Å²) in [5, 5.41) is 9.70.